The van der Waals surface area contributed by atoms with Crippen LogP contribution >= 0.6 is 11.8 Å². The average molecular weight is 633 g/mol. The number of carbonyl (C=O) groups excluding carboxylic acids is 4. The Morgan fingerprint density at radius 2 is 1.57 bits per heavy atom. The molecule has 2 aliphatic rings. The quantitative estimate of drug-likeness (QED) is 0.100. The molecule has 0 aliphatic carbocycles. The van der Waals surface area contributed by atoms with E-state index in [4.69, 9.17) is 14.2 Å². The lowest BCUT2D eigenvalue weighted by atomic mass is 9.89. The van der Waals surface area contributed by atoms with Crippen LogP contribution in [0, 0.1) is 5.41 Å². The highest BCUT2D eigenvalue weighted by molar-refractivity contribution is 8.00. The van der Waals surface area contributed by atoms with E-state index < -0.39 is 0 Å². The molecular formula is C34H52N2O7S. The van der Waals surface area contributed by atoms with Crippen LogP contribution in [0.2, 0.25) is 0 Å². The molecule has 2 N–H and O–H groups in total. The van der Waals surface area contributed by atoms with E-state index in [9.17, 15) is 19.2 Å². The smallest absolute Gasteiger partial charge is 0.315 e. The Morgan fingerprint density at radius 3 is 2.27 bits per heavy atom. The summed E-state index contributed by atoms with van der Waals surface area (Å²) in [5, 5.41) is 6.24. The molecule has 10 heteroatoms. The molecule has 2 heterocycles. The third-order valence-electron chi connectivity index (χ3n) is 8.06. The number of hydrogen-bond donors (Lipinski definition) is 2. The van der Waals surface area contributed by atoms with E-state index in [2.05, 4.69) is 38.3 Å². The molecule has 2 fully saturated rings. The lowest BCUT2D eigenvalue weighted by molar-refractivity contribution is -0.124. The molecule has 3 rings (SSSR count). The van der Waals surface area contributed by atoms with Crippen molar-refractivity contribution in [1.29, 1.82) is 0 Å². The maximum atomic E-state index is 12.6. The Kier molecular flexibility index (Phi) is 14.8. The molecule has 0 bridgehead atoms. The molecular weight excluding hydrogens is 580 g/mol. The topological polar surface area (TPSA) is 120 Å². The van der Waals surface area contributed by atoms with Crippen LogP contribution in [0.1, 0.15) is 95.0 Å². The fraction of sp³-hybridized carbons (Fsp3) is 0.706. The number of amides is 2. The van der Waals surface area contributed by atoms with Crippen LogP contribution in [0.4, 0.5) is 4.79 Å². The maximum Gasteiger partial charge on any atom is 0.315 e. The first kappa shape index (κ1) is 36.2. The van der Waals surface area contributed by atoms with Crippen LogP contribution in [0.15, 0.2) is 24.3 Å². The molecule has 0 saturated carbocycles. The summed E-state index contributed by atoms with van der Waals surface area (Å²) in [4.78, 5) is 48.7. The van der Waals surface area contributed by atoms with Crippen molar-refractivity contribution >= 4 is 35.1 Å². The van der Waals surface area contributed by atoms with Crippen molar-refractivity contribution in [2.75, 3.05) is 45.4 Å². The van der Waals surface area contributed by atoms with Gasteiger partial charge in [-0.15, -0.1) is 0 Å². The van der Waals surface area contributed by atoms with Gasteiger partial charge in [-0.3, -0.25) is 14.4 Å². The molecule has 1 aromatic carbocycles. The van der Waals surface area contributed by atoms with Gasteiger partial charge in [-0.25, -0.2) is 4.79 Å². The van der Waals surface area contributed by atoms with Gasteiger partial charge in [0.15, 0.2) is 11.6 Å². The third kappa shape index (κ3) is 13.0. The molecule has 2 aliphatic heterocycles. The highest BCUT2D eigenvalue weighted by Gasteiger charge is 2.51. The van der Waals surface area contributed by atoms with Crippen LogP contribution < -0.4 is 10.6 Å². The molecule has 0 aromatic heterocycles. The number of rotatable bonds is 22. The first-order valence-electron chi connectivity index (χ1n) is 16.0. The Morgan fingerprint density at radius 1 is 0.886 bits per heavy atom. The number of nitrogens with one attached hydrogen (secondary N) is 2. The minimum absolute atomic E-state index is 0.0529. The monoisotopic (exact) mass is 632 g/mol. The van der Waals surface area contributed by atoms with Gasteiger partial charge in [-0.1, -0.05) is 51.5 Å². The van der Waals surface area contributed by atoms with Crippen molar-refractivity contribution in [1.82, 2.24) is 10.6 Å². The van der Waals surface area contributed by atoms with Gasteiger partial charge < -0.3 is 24.8 Å². The summed E-state index contributed by atoms with van der Waals surface area (Å²) in [6.45, 7) is 11.0. The number of ether oxygens (including phenoxy) is 3. The zero-order chi connectivity index (χ0) is 32.0. The number of unbranched alkanes of at least 4 members (excludes halogenated alkanes) is 1. The van der Waals surface area contributed by atoms with Gasteiger partial charge in [0.25, 0.3) is 0 Å². The number of benzene rings is 1. The number of urea groups is 1. The molecule has 3 atom stereocenters. The molecule has 44 heavy (non-hydrogen) atoms. The predicted octanol–water partition coefficient (Wildman–Crippen LogP) is 5.32. The van der Waals surface area contributed by atoms with Crippen LogP contribution in [-0.4, -0.2) is 85.6 Å². The van der Waals surface area contributed by atoms with Crippen molar-refractivity contribution in [2.24, 2.45) is 5.41 Å². The van der Waals surface area contributed by atoms with E-state index >= 15 is 0 Å². The van der Waals surface area contributed by atoms with Crippen molar-refractivity contribution < 1.29 is 33.4 Å². The van der Waals surface area contributed by atoms with Crippen LogP contribution in [0.3, 0.4) is 0 Å². The Hall–Kier alpha value is -2.27. The number of carbonyl (C=O) groups is 4. The second-order valence-electron chi connectivity index (χ2n) is 13.4. The molecule has 1 aromatic rings. The van der Waals surface area contributed by atoms with E-state index in [0.29, 0.717) is 76.1 Å². The van der Waals surface area contributed by atoms with Crippen molar-refractivity contribution in [3.05, 3.63) is 35.4 Å². The van der Waals surface area contributed by atoms with Gasteiger partial charge in [0.2, 0.25) is 0 Å². The second kappa shape index (κ2) is 18.0. The fourth-order valence-electron chi connectivity index (χ4n) is 5.51. The van der Waals surface area contributed by atoms with Gasteiger partial charge in [0, 0.05) is 48.9 Å². The van der Waals surface area contributed by atoms with Gasteiger partial charge in [0.05, 0.1) is 38.0 Å². The lowest BCUT2D eigenvalue weighted by Gasteiger charge is -2.23. The summed E-state index contributed by atoms with van der Waals surface area (Å²) in [7, 11) is 0. The summed E-state index contributed by atoms with van der Waals surface area (Å²) < 4.78 is 16.4. The molecule has 0 radical (unpaired) electrons. The first-order chi connectivity index (χ1) is 20.9. The highest BCUT2D eigenvalue weighted by Crippen LogP contribution is 2.39. The van der Waals surface area contributed by atoms with Crippen molar-refractivity contribution in [3.8, 4) is 0 Å². The molecule has 2 amide bonds. The minimum atomic E-state index is -0.233. The first-order valence-corrected chi connectivity index (χ1v) is 17.1. The van der Waals surface area contributed by atoms with Gasteiger partial charge in [0.1, 0.15) is 12.4 Å². The van der Waals surface area contributed by atoms with E-state index in [1.165, 1.54) is 0 Å². The average Bonchev–Trinajstić information content (AvgIpc) is 3.43. The standard InChI is InChI=1S/C34H52N2O7S/c1-33(2,3)16-6-5-8-28(38)23-43-21-20-42-19-18-41-17-7-9-29(39)26-12-10-25(11-13-26)22-27(37)14-15-30-31-34(4,24-44-30)36-32(40)35-31/h10-13,30-31H,5-9,14-24H2,1-4H3,(H2,35,36,40)/t30-,31+,34-/m1/s1. The second-order valence-corrected chi connectivity index (χ2v) is 14.6. The third-order valence-corrected chi connectivity index (χ3v) is 9.76. The summed E-state index contributed by atoms with van der Waals surface area (Å²) >= 11 is 1.81. The molecule has 0 spiro atoms. The molecule has 2 saturated heterocycles. The van der Waals surface area contributed by atoms with Gasteiger partial charge >= 0.3 is 6.03 Å². The summed E-state index contributed by atoms with van der Waals surface area (Å²) in [6.07, 6.45) is 6.24. The number of Topliss-reactive ketones (excluding diaryl/α,β-unsaturated/α-hetero) is 3. The van der Waals surface area contributed by atoms with Crippen molar-refractivity contribution in [3.63, 3.8) is 0 Å². The van der Waals surface area contributed by atoms with Crippen molar-refractivity contribution in [2.45, 2.75) is 102 Å². The van der Waals surface area contributed by atoms with Gasteiger partial charge in [-0.2, -0.15) is 11.8 Å². The number of ketones is 3. The zero-order valence-corrected chi connectivity index (χ0v) is 27.9. The largest absolute Gasteiger partial charge is 0.379 e. The van der Waals surface area contributed by atoms with E-state index in [-0.39, 0.29) is 46.8 Å². The highest BCUT2D eigenvalue weighted by atomic mass is 32.2. The SMILES string of the molecule is CC(C)(C)CCCCC(=O)COCCOCCOCCCC(=O)c1ccc(CC(=O)CC[C@H]2SC[C@@]3(C)NC(=O)N[C@@H]23)cc1. The summed E-state index contributed by atoms with van der Waals surface area (Å²) in [6, 6.07) is 7.23. The normalized spacial score (nSPS) is 21.1. The minimum Gasteiger partial charge on any atom is -0.379 e. The van der Waals surface area contributed by atoms with Crippen LogP contribution in [0.5, 0.6) is 0 Å². The van der Waals surface area contributed by atoms with E-state index in [0.717, 1.165) is 37.0 Å². The van der Waals surface area contributed by atoms with Gasteiger partial charge in [-0.05, 0) is 43.6 Å². The molecule has 246 valence electrons. The van der Waals surface area contributed by atoms with Crippen LogP contribution in [-0.2, 0) is 30.2 Å². The fourth-order valence-corrected chi connectivity index (χ4v) is 7.17. The summed E-state index contributed by atoms with van der Waals surface area (Å²) in [5.74, 6) is 1.21. The Labute approximate surface area is 267 Å². The number of thioether (sulfide) groups is 1. The predicted molar refractivity (Wildman–Crippen MR) is 173 cm³/mol. The van der Waals surface area contributed by atoms with E-state index in [1.807, 2.05) is 23.9 Å². The maximum absolute atomic E-state index is 12.6. The number of hydrogen-bond acceptors (Lipinski definition) is 8. The zero-order valence-electron chi connectivity index (χ0n) is 27.0. The summed E-state index contributed by atoms with van der Waals surface area (Å²) in [5.41, 5.74) is 1.62. The molecule has 0 unspecified atom stereocenters. The Bertz CT molecular complexity index is 1090. The Balaban J connectivity index is 1.16. The lowest BCUT2D eigenvalue weighted by Crippen LogP contribution is -2.47. The van der Waals surface area contributed by atoms with E-state index in [1.54, 1.807) is 12.1 Å². The number of fused-ring (bicyclic) bond motifs is 1. The molecule has 9 nitrogen and oxygen atoms in total. The van der Waals surface area contributed by atoms with Crippen LogP contribution in [0.25, 0.3) is 0 Å².